The Bertz CT molecular complexity index is 602. The summed E-state index contributed by atoms with van der Waals surface area (Å²) < 4.78 is 27.2. The second-order valence-electron chi connectivity index (χ2n) is 3.73. The van der Waals surface area contributed by atoms with E-state index in [0.717, 1.165) is 11.6 Å². The van der Waals surface area contributed by atoms with Crippen molar-refractivity contribution >= 4 is 33.1 Å². The van der Waals surface area contributed by atoms with Crippen LogP contribution in [0.4, 0.5) is 26.0 Å². The highest BCUT2D eigenvalue weighted by atomic mass is 79.9. The minimum Gasteiger partial charge on any atom is -0.397 e. The lowest BCUT2D eigenvalue weighted by Gasteiger charge is -2.11. The molecule has 18 heavy (non-hydrogen) atoms. The number of rotatable bonds is 2. The fraction of sp³-hybridized carbons (Fsp3) is 0.0833. The van der Waals surface area contributed by atoms with Crippen molar-refractivity contribution in [1.82, 2.24) is 4.98 Å². The molecule has 0 saturated heterocycles. The van der Waals surface area contributed by atoms with Crippen LogP contribution in [0.15, 0.2) is 28.9 Å². The Labute approximate surface area is 111 Å². The zero-order valence-electron chi connectivity index (χ0n) is 9.47. The van der Waals surface area contributed by atoms with E-state index in [0.29, 0.717) is 16.0 Å². The number of nitrogens with two attached hydrogens (primary N) is 1. The van der Waals surface area contributed by atoms with Gasteiger partial charge in [0, 0.05) is 0 Å². The maximum absolute atomic E-state index is 13.5. The zero-order chi connectivity index (χ0) is 13.3. The predicted molar refractivity (Wildman–Crippen MR) is 70.7 cm³/mol. The van der Waals surface area contributed by atoms with Crippen LogP contribution in [0.3, 0.4) is 0 Å². The van der Waals surface area contributed by atoms with Gasteiger partial charge >= 0.3 is 0 Å². The number of hydrogen-bond donors (Lipinski definition) is 2. The molecule has 6 heteroatoms. The molecule has 0 fully saturated rings. The number of pyridine rings is 1. The molecule has 0 aliphatic rings. The van der Waals surface area contributed by atoms with Gasteiger partial charge in [0.1, 0.15) is 5.82 Å². The summed E-state index contributed by atoms with van der Waals surface area (Å²) in [5.41, 5.74) is 7.01. The van der Waals surface area contributed by atoms with Crippen LogP contribution in [0.5, 0.6) is 0 Å². The van der Waals surface area contributed by atoms with E-state index in [1.807, 2.05) is 0 Å². The second-order valence-corrected chi connectivity index (χ2v) is 4.52. The minimum atomic E-state index is -0.944. The zero-order valence-corrected chi connectivity index (χ0v) is 11.1. The molecule has 0 spiro atoms. The maximum Gasteiger partial charge on any atom is 0.182 e. The van der Waals surface area contributed by atoms with Crippen molar-refractivity contribution in [2.75, 3.05) is 11.1 Å². The van der Waals surface area contributed by atoms with Crippen molar-refractivity contribution < 1.29 is 8.78 Å². The molecule has 2 aromatic rings. The van der Waals surface area contributed by atoms with Crippen molar-refractivity contribution in [3.8, 4) is 0 Å². The van der Waals surface area contributed by atoms with Crippen LogP contribution in [-0.4, -0.2) is 4.98 Å². The van der Waals surface area contributed by atoms with Crippen molar-refractivity contribution in [3.63, 3.8) is 0 Å². The molecule has 0 radical (unpaired) electrons. The van der Waals surface area contributed by atoms with Crippen LogP contribution in [0.2, 0.25) is 0 Å². The van der Waals surface area contributed by atoms with Crippen molar-refractivity contribution in [2.24, 2.45) is 0 Å². The van der Waals surface area contributed by atoms with Gasteiger partial charge in [0.2, 0.25) is 0 Å². The highest BCUT2D eigenvalue weighted by molar-refractivity contribution is 9.10. The molecule has 0 aliphatic carbocycles. The summed E-state index contributed by atoms with van der Waals surface area (Å²) in [6.45, 7) is 1.80. The molecule has 2 rings (SSSR count). The number of nitrogens with zero attached hydrogens (tertiary/aromatic N) is 1. The highest BCUT2D eigenvalue weighted by Gasteiger charge is 2.12. The Morgan fingerprint density at radius 1 is 1.33 bits per heavy atom. The van der Waals surface area contributed by atoms with Crippen molar-refractivity contribution in [3.05, 3.63) is 46.1 Å². The summed E-state index contributed by atoms with van der Waals surface area (Å²) in [4.78, 5) is 4.03. The average Bonchev–Trinajstić information content (AvgIpc) is 2.35. The molecule has 3 nitrogen and oxygen atoms in total. The molecule has 0 unspecified atom stereocenters. The number of nitrogens with one attached hydrogen (secondary N) is 1. The SMILES string of the molecule is Cc1c(N)cnc(Nc2cccc(F)c2F)c1Br. The molecule has 1 aromatic carbocycles. The lowest BCUT2D eigenvalue weighted by molar-refractivity contribution is 0.511. The lowest BCUT2D eigenvalue weighted by atomic mass is 10.2. The van der Waals surface area contributed by atoms with E-state index in [-0.39, 0.29) is 5.69 Å². The van der Waals surface area contributed by atoms with E-state index in [1.54, 1.807) is 6.92 Å². The summed E-state index contributed by atoms with van der Waals surface area (Å²) >= 11 is 3.31. The van der Waals surface area contributed by atoms with E-state index >= 15 is 0 Å². The summed E-state index contributed by atoms with van der Waals surface area (Å²) in [7, 11) is 0. The van der Waals surface area contributed by atoms with Crippen molar-refractivity contribution in [1.29, 1.82) is 0 Å². The van der Waals surface area contributed by atoms with Gasteiger partial charge in [-0.25, -0.2) is 13.8 Å². The van der Waals surface area contributed by atoms with Crippen LogP contribution < -0.4 is 11.1 Å². The summed E-state index contributed by atoms with van der Waals surface area (Å²) in [5, 5.41) is 2.72. The molecule has 0 amide bonds. The Kier molecular flexibility index (Phi) is 3.47. The van der Waals surface area contributed by atoms with E-state index < -0.39 is 11.6 Å². The Balaban J connectivity index is 2.41. The van der Waals surface area contributed by atoms with Gasteiger partial charge in [0.05, 0.1) is 22.0 Å². The Morgan fingerprint density at radius 2 is 2.06 bits per heavy atom. The fourth-order valence-corrected chi connectivity index (χ4v) is 1.84. The van der Waals surface area contributed by atoms with Gasteiger partial charge in [-0.15, -0.1) is 0 Å². The van der Waals surface area contributed by atoms with Crippen LogP contribution >= 0.6 is 15.9 Å². The number of anilines is 3. The third-order valence-corrected chi connectivity index (χ3v) is 3.48. The molecule has 94 valence electrons. The number of hydrogen-bond acceptors (Lipinski definition) is 3. The molecule has 0 bridgehead atoms. The first kappa shape index (κ1) is 12.8. The van der Waals surface area contributed by atoms with E-state index in [2.05, 4.69) is 26.2 Å². The largest absolute Gasteiger partial charge is 0.397 e. The van der Waals surface area contributed by atoms with Gasteiger partial charge < -0.3 is 11.1 Å². The van der Waals surface area contributed by atoms with Crippen LogP contribution in [-0.2, 0) is 0 Å². The molecular weight excluding hydrogens is 304 g/mol. The second kappa shape index (κ2) is 4.89. The van der Waals surface area contributed by atoms with Crippen LogP contribution in [0.25, 0.3) is 0 Å². The third kappa shape index (κ3) is 2.28. The molecule has 1 heterocycles. The predicted octanol–water partition coefficient (Wildman–Crippen LogP) is 3.76. The molecule has 0 saturated carbocycles. The van der Waals surface area contributed by atoms with E-state index in [1.165, 1.54) is 18.3 Å². The molecule has 1 aromatic heterocycles. The van der Waals surface area contributed by atoms with Gasteiger partial charge in [-0.05, 0) is 40.5 Å². The smallest absolute Gasteiger partial charge is 0.182 e. The minimum absolute atomic E-state index is 0.0207. The lowest BCUT2D eigenvalue weighted by Crippen LogP contribution is -2.01. The Hall–Kier alpha value is -1.69. The molecular formula is C12H10BrF2N3. The number of aromatic nitrogens is 1. The third-order valence-electron chi connectivity index (χ3n) is 2.51. The van der Waals surface area contributed by atoms with Gasteiger partial charge in [-0.3, -0.25) is 0 Å². The normalized spacial score (nSPS) is 10.4. The summed E-state index contributed by atoms with van der Waals surface area (Å²) in [6.07, 6.45) is 1.46. The fourth-order valence-electron chi connectivity index (χ4n) is 1.41. The highest BCUT2D eigenvalue weighted by Crippen LogP contribution is 2.30. The topological polar surface area (TPSA) is 50.9 Å². The first-order valence-electron chi connectivity index (χ1n) is 5.12. The standard InChI is InChI=1S/C12H10BrF2N3/c1-6-8(16)5-17-12(10(6)13)18-9-4-2-3-7(14)11(9)15/h2-5H,16H2,1H3,(H,17,18). The number of nitrogen functional groups attached to an aromatic ring is 1. The van der Waals surface area contributed by atoms with Gasteiger partial charge in [-0.2, -0.15) is 0 Å². The molecule has 3 N–H and O–H groups in total. The average molecular weight is 314 g/mol. The van der Waals surface area contributed by atoms with E-state index in [9.17, 15) is 8.78 Å². The van der Waals surface area contributed by atoms with Crippen molar-refractivity contribution in [2.45, 2.75) is 6.92 Å². The maximum atomic E-state index is 13.5. The first-order valence-corrected chi connectivity index (χ1v) is 5.91. The monoisotopic (exact) mass is 313 g/mol. The van der Waals surface area contributed by atoms with Crippen LogP contribution in [0.1, 0.15) is 5.56 Å². The van der Waals surface area contributed by atoms with Crippen LogP contribution in [0, 0.1) is 18.6 Å². The number of benzene rings is 1. The molecule has 0 aliphatic heterocycles. The first-order chi connectivity index (χ1) is 8.50. The quantitative estimate of drug-likeness (QED) is 0.887. The summed E-state index contributed by atoms with van der Waals surface area (Å²) in [5.74, 6) is -1.48. The van der Waals surface area contributed by atoms with Gasteiger partial charge in [0.25, 0.3) is 0 Å². The summed E-state index contributed by atoms with van der Waals surface area (Å²) in [6, 6.07) is 3.90. The number of halogens is 3. The van der Waals surface area contributed by atoms with Gasteiger partial charge in [0.15, 0.2) is 11.6 Å². The molecule has 0 atom stereocenters. The van der Waals surface area contributed by atoms with E-state index in [4.69, 9.17) is 5.73 Å². The van der Waals surface area contributed by atoms with Gasteiger partial charge in [-0.1, -0.05) is 6.07 Å². The Morgan fingerprint density at radius 3 is 2.78 bits per heavy atom.